The van der Waals surface area contributed by atoms with E-state index in [0.29, 0.717) is 6.61 Å². The first-order valence-electron chi connectivity index (χ1n) is 6.71. The van der Waals surface area contributed by atoms with E-state index in [4.69, 9.17) is 18.9 Å². The Morgan fingerprint density at radius 3 is 2.72 bits per heavy atom. The monoisotopic (exact) mass is 254 g/mol. The van der Waals surface area contributed by atoms with E-state index in [1.807, 2.05) is 0 Å². The molecule has 1 atom stereocenters. The Morgan fingerprint density at radius 1 is 1.22 bits per heavy atom. The largest absolute Gasteiger partial charge is 0.381 e. The maximum atomic E-state index is 5.58. The first kappa shape index (κ1) is 13.8. The second-order valence-electron chi connectivity index (χ2n) is 4.72. The molecule has 0 aromatic carbocycles. The lowest BCUT2D eigenvalue weighted by atomic mass is 9.95. The van der Waals surface area contributed by atoms with Gasteiger partial charge in [0.2, 0.25) is 0 Å². The van der Waals surface area contributed by atoms with Crippen LogP contribution < -0.4 is 0 Å². The Kier molecular flexibility index (Phi) is 5.45. The molecule has 2 heterocycles. The summed E-state index contributed by atoms with van der Waals surface area (Å²) in [5.74, 6) is 6.25. The summed E-state index contributed by atoms with van der Waals surface area (Å²) in [6, 6.07) is 0. The summed E-state index contributed by atoms with van der Waals surface area (Å²) in [6.45, 7) is 2.65. The summed E-state index contributed by atoms with van der Waals surface area (Å²) in [5.41, 5.74) is -0.338. The molecule has 0 saturated carbocycles. The standard InChI is InChI=1S/C14H22O4/c1-15-14(7-11-16-12-8-14)6-4-10-18-13-5-2-3-9-17-13/h13H,2-3,5,7-12H2,1H3. The molecule has 0 bridgehead atoms. The number of ether oxygens (including phenoxy) is 4. The van der Waals surface area contributed by atoms with Crippen molar-refractivity contribution in [3.8, 4) is 11.8 Å². The molecule has 2 aliphatic heterocycles. The van der Waals surface area contributed by atoms with Gasteiger partial charge in [0, 0.05) is 26.6 Å². The van der Waals surface area contributed by atoms with Crippen LogP contribution in [0.15, 0.2) is 0 Å². The van der Waals surface area contributed by atoms with Gasteiger partial charge in [0.25, 0.3) is 0 Å². The molecule has 2 fully saturated rings. The Balaban J connectivity index is 1.75. The first-order chi connectivity index (χ1) is 8.85. The zero-order valence-electron chi connectivity index (χ0n) is 11.1. The summed E-state index contributed by atoms with van der Waals surface area (Å²) >= 11 is 0. The van der Waals surface area contributed by atoms with E-state index in [1.165, 1.54) is 6.42 Å². The van der Waals surface area contributed by atoms with Gasteiger partial charge in [0.15, 0.2) is 6.29 Å². The molecule has 4 nitrogen and oxygen atoms in total. The summed E-state index contributed by atoms with van der Waals surface area (Å²) in [5, 5.41) is 0. The predicted octanol–water partition coefficient (Wildman–Crippen LogP) is 1.73. The Bertz CT molecular complexity index is 293. The molecule has 18 heavy (non-hydrogen) atoms. The minimum atomic E-state index is -0.338. The Labute approximate surface area is 109 Å². The minimum Gasteiger partial charge on any atom is -0.381 e. The molecule has 0 radical (unpaired) electrons. The van der Waals surface area contributed by atoms with Crippen LogP contribution in [0.1, 0.15) is 32.1 Å². The van der Waals surface area contributed by atoms with Crippen molar-refractivity contribution in [1.29, 1.82) is 0 Å². The normalized spacial score (nSPS) is 27.3. The quantitative estimate of drug-likeness (QED) is 0.719. The highest BCUT2D eigenvalue weighted by molar-refractivity contribution is 5.15. The van der Waals surface area contributed by atoms with Crippen LogP contribution in [0.3, 0.4) is 0 Å². The molecule has 0 amide bonds. The van der Waals surface area contributed by atoms with E-state index in [2.05, 4.69) is 11.8 Å². The lowest BCUT2D eigenvalue weighted by Gasteiger charge is -2.30. The number of rotatable bonds is 3. The van der Waals surface area contributed by atoms with Gasteiger partial charge in [-0.3, -0.25) is 0 Å². The molecule has 2 rings (SSSR count). The fraction of sp³-hybridized carbons (Fsp3) is 0.857. The van der Waals surface area contributed by atoms with Crippen LogP contribution in [-0.2, 0) is 18.9 Å². The van der Waals surface area contributed by atoms with Crippen LogP contribution in [0, 0.1) is 11.8 Å². The summed E-state index contributed by atoms with van der Waals surface area (Å²) in [7, 11) is 1.71. The van der Waals surface area contributed by atoms with Gasteiger partial charge in [-0.15, -0.1) is 0 Å². The van der Waals surface area contributed by atoms with Crippen molar-refractivity contribution in [2.24, 2.45) is 0 Å². The molecule has 0 aromatic heterocycles. The average molecular weight is 254 g/mol. The van der Waals surface area contributed by atoms with Crippen LogP contribution in [0.2, 0.25) is 0 Å². The van der Waals surface area contributed by atoms with E-state index in [0.717, 1.165) is 45.5 Å². The van der Waals surface area contributed by atoms with Gasteiger partial charge in [0.05, 0.1) is 13.2 Å². The van der Waals surface area contributed by atoms with Crippen molar-refractivity contribution in [2.45, 2.75) is 44.0 Å². The zero-order valence-corrected chi connectivity index (χ0v) is 11.1. The maximum Gasteiger partial charge on any atom is 0.158 e. The van der Waals surface area contributed by atoms with E-state index >= 15 is 0 Å². The third kappa shape index (κ3) is 3.96. The van der Waals surface area contributed by atoms with Crippen LogP contribution in [0.5, 0.6) is 0 Å². The van der Waals surface area contributed by atoms with Crippen molar-refractivity contribution in [1.82, 2.24) is 0 Å². The van der Waals surface area contributed by atoms with Crippen molar-refractivity contribution in [3.63, 3.8) is 0 Å². The summed E-state index contributed by atoms with van der Waals surface area (Å²) < 4.78 is 21.9. The zero-order chi connectivity index (χ0) is 12.7. The second-order valence-corrected chi connectivity index (χ2v) is 4.72. The molecule has 0 aliphatic carbocycles. The first-order valence-corrected chi connectivity index (χ1v) is 6.71. The number of hydrogen-bond donors (Lipinski definition) is 0. The average Bonchev–Trinajstić information content (AvgIpc) is 2.46. The summed E-state index contributed by atoms with van der Waals surface area (Å²) in [6.07, 6.45) is 4.88. The van der Waals surface area contributed by atoms with Crippen LogP contribution in [0.25, 0.3) is 0 Å². The molecule has 0 N–H and O–H groups in total. The molecule has 0 aromatic rings. The highest BCUT2D eigenvalue weighted by atomic mass is 16.7. The van der Waals surface area contributed by atoms with Crippen molar-refractivity contribution < 1.29 is 18.9 Å². The van der Waals surface area contributed by atoms with Crippen LogP contribution in [-0.4, -0.2) is 45.4 Å². The third-order valence-corrected chi connectivity index (χ3v) is 3.49. The molecular formula is C14H22O4. The van der Waals surface area contributed by atoms with Gasteiger partial charge >= 0.3 is 0 Å². The molecule has 1 unspecified atom stereocenters. The van der Waals surface area contributed by atoms with E-state index in [1.54, 1.807) is 7.11 Å². The Hall–Kier alpha value is -0.600. The fourth-order valence-corrected chi connectivity index (χ4v) is 2.26. The van der Waals surface area contributed by atoms with Crippen LogP contribution >= 0.6 is 0 Å². The maximum absolute atomic E-state index is 5.58. The lowest BCUT2D eigenvalue weighted by Crippen LogP contribution is -2.36. The van der Waals surface area contributed by atoms with E-state index < -0.39 is 0 Å². The molecule has 0 spiro atoms. The van der Waals surface area contributed by atoms with Crippen LogP contribution in [0.4, 0.5) is 0 Å². The van der Waals surface area contributed by atoms with Gasteiger partial charge in [-0.25, -0.2) is 0 Å². The topological polar surface area (TPSA) is 36.9 Å². The van der Waals surface area contributed by atoms with Gasteiger partial charge in [-0.2, -0.15) is 0 Å². The van der Waals surface area contributed by atoms with Crippen molar-refractivity contribution >= 4 is 0 Å². The van der Waals surface area contributed by atoms with Gasteiger partial charge in [-0.1, -0.05) is 11.8 Å². The predicted molar refractivity (Wildman–Crippen MR) is 67.1 cm³/mol. The number of methoxy groups -OCH3 is 1. The minimum absolute atomic E-state index is 0.0683. The lowest BCUT2D eigenvalue weighted by molar-refractivity contribution is -0.154. The van der Waals surface area contributed by atoms with Gasteiger partial charge < -0.3 is 18.9 Å². The van der Waals surface area contributed by atoms with E-state index in [-0.39, 0.29) is 11.9 Å². The smallest absolute Gasteiger partial charge is 0.158 e. The fourth-order valence-electron chi connectivity index (χ4n) is 2.26. The molecule has 102 valence electrons. The molecule has 4 heteroatoms. The highest BCUT2D eigenvalue weighted by Crippen LogP contribution is 2.23. The molecule has 2 aliphatic rings. The second kappa shape index (κ2) is 7.10. The third-order valence-electron chi connectivity index (χ3n) is 3.49. The molecular weight excluding hydrogens is 232 g/mol. The number of hydrogen-bond acceptors (Lipinski definition) is 4. The van der Waals surface area contributed by atoms with Gasteiger partial charge in [-0.05, 0) is 19.3 Å². The Morgan fingerprint density at radius 2 is 2.06 bits per heavy atom. The highest BCUT2D eigenvalue weighted by Gasteiger charge is 2.30. The van der Waals surface area contributed by atoms with E-state index in [9.17, 15) is 0 Å². The van der Waals surface area contributed by atoms with Crippen molar-refractivity contribution in [3.05, 3.63) is 0 Å². The molecule has 2 saturated heterocycles. The van der Waals surface area contributed by atoms with Gasteiger partial charge in [0.1, 0.15) is 12.2 Å². The SMILES string of the molecule is COC1(C#CCOC2CCCCO2)CCOCC1. The summed E-state index contributed by atoms with van der Waals surface area (Å²) in [4.78, 5) is 0. The van der Waals surface area contributed by atoms with Crippen molar-refractivity contribution in [2.75, 3.05) is 33.5 Å².